The van der Waals surface area contributed by atoms with Crippen molar-refractivity contribution in [3.8, 4) is 0 Å². The lowest BCUT2D eigenvalue weighted by Gasteiger charge is -2.38. The van der Waals surface area contributed by atoms with E-state index in [1.807, 2.05) is 6.34 Å². The Labute approximate surface area is 62.9 Å². The molecule has 1 aliphatic rings. The van der Waals surface area contributed by atoms with E-state index in [0.717, 1.165) is 0 Å². The van der Waals surface area contributed by atoms with E-state index in [9.17, 15) is 0 Å². The first kappa shape index (κ1) is 7.58. The lowest BCUT2D eigenvalue weighted by atomic mass is 9.84. The molecular weight excluding hydrogens is 124 g/mol. The summed E-state index contributed by atoms with van der Waals surface area (Å²) in [5.41, 5.74) is 0.217. The van der Waals surface area contributed by atoms with Crippen molar-refractivity contribution >= 4 is 6.34 Å². The maximum atomic E-state index is 4.40. The first-order valence-corrected chi connectivity index (χ1v) is 3.66. The summed E-state index contributed by atoms with van der Waals surface area (Å²) in [6, 6.07) is 0. The standard InChI is InChI=1S/C8H16N2/c1-7(2)8(3,4)10(5)6-9-7/h6H,1-5H3. The Morgan fingerprint density at radius 1 is 1.20 bits per heavy atom. The Kier molecular flexibility index (Phi) is 1.32. The van der Waals surface area contributed by atoms with E-state index in [2.05, 4.69) is 44.6 Å². The van der Waals surface area contributed by atoms with Gasteiger partial charge in [0.1, 0.15) is 0 Å². The molecule has 0 atom stereocenters. The predicted molar refractivity (Wildman–Crippen MR) is 44.4 cm³/mol. The van der Waals surface area contributed by atoms with Gasteiger partial charge in [-0.1, -0.05) is 0 Å². The highest BCUT2D eigenvalue weighted by Crippen LogP contribution is 2.33. The summed E-state index contributed by atoms with van der Waals surface area (Å²) in [5, 5.41) is 0. The Morgan fingerprint density at radius 2 is 1.70 bits per heavy atom. The molecule has 1 heterocycles. The van der Waals surface area contributed by atoms with Gasteiger partial charge in [0, 0.05) is 7.05 Å². The van der Waals surface area contributed by atoms with Crippen LogP contribution in [0.2, 0.25) is 0 Å². The Morgan fingerprint density at radius 3 is 1.80 bits per heavy atom. The molecule has 2 heteroatoms. The normalized spacial score (nSPS) is 27.5. The van der Waals surface area contributed by atoms with Crippen LogP contribution >= 0.6 is 0 Å². The SMILES string of the molecule is CN1C=NC(C)(C)C1(C)C. The van der Waals surface area contributed by atoms with Crippen LogP contribution in [0, 0.1) is 0 Å². The lowest BCUT2D eigenvalue weighted by Crippen LogP contribution is -2.49. The maximum absolute atomic E-state index is 4.40. The van der Waals surface area contributed by atoms with Crippen LogP contribution in [0.25, 0.3) is 0 Å². The van der Waals surface area contributed by atoms with Gasteiger partial charge in [-0.25, -0.2) is 0 Å². The highest BCUT2D eigenvalue weighted by Gasteiger charge is 2.42. The molecule has 0 aromatic heterocycles. The van der Waals surface area contributed by atoms with Crippen molar-refractivity contribution in [1.82, 2.24) is 4.90 Å². The second-order valence-electron chi connectivity index (χ2n) is 3.97. The molecule has 0 bridgehead atoms. The van der Waals surface area contributed by atoms with Gasteiger partial charge in [0.2, 0.25) is 0 Å². The molecule has 0 spiro atoms. The number of nitrogens with zero attached hydrogens (tertiary/aromatic N) is 2. The molecular formula is C8H16N2. The van der Waals surface area contributed by atoms with Gasteiger partial charge in [0.25, 0.3) is 0 Å². The number of likely N-dealkylation sites (N-methyl/N-ethyl adjacent to an activating group) is 1. The minimum absolute atomic E-state index is 0.0573. The summed E-state index contributed by atoms with van der Waals surface area (Å²) in [6.45, 7) is 8.74. The minimum Gasteiger partial charge on any atom is -0.358 e. The molecule has 1 aliphatic heterocycles. The molecule has 2 nitrogen and oxygen atoms in total. The minimum atomic E-state index is 0.0573. The van der Waals surface area contributed by atoms with E-state index < -0.39 is 0 Å². The zero-order valence-electron chi connectivity index (χ0n) is 7.47. The first-order valence-electron chi connectivity index (χ1n) is 3.66. The van der Waals surface area contributed by atoms with Crippen LogP contribution in [0.3, 0.4) is 0 Å². The van der Waals surface area contributed by atoms with Crippen molar-refractivity contribution in [1.29, 1.82) is 0 Å². The predicted octanol–water partition coefficient (Wildman–Crippen LogP) is 1.52. The summed E-state index contributed by atoms with van der Waals surface area (Å²) >= 11 is 0. The average Bonchev–Trinajstić information content (AvgIpc) is 1.94. The van der Waals surface area contributed by atoms with E-state index in [-0.39, 0.29) is 11.1 Å². The smallest absolute Gasteiger partial charge is 0.0860 e. The van der Waals surface area contributed by atoms with Crippen LogP contribution in [0.15, 0.2) is 4.99 Å². The van der Waals surface area contributed by atoms with Gasteiger partial charge in [0.15, 0.2) is 0 Å². The average molecular weight is 140 g/mol. The number of hydrogen-bond donors (Lipinski definition) is 0. The molecule has 0 radical (unpaired) electrons. The highest BCUT2D eigenvalue weighted by atomic mass is 15.3. The van der Waals surface area contributed by atoms with Crippen LogP contribution < -0.4 is 0 Å². The van der Waals surface area contributed by atoms with E-state index >= 15 is 0 Å². The van der Waals surface area contributed by atoms with Crippen molar-refractivity contribution < 1.29 is 0 Å². The zero-order chi connectivity index (χ0) is 7.99. The van der Waals surface area contributed by atoms with Crippen LogP contribution in [-0.2, 0) is 0 Å². The molecule has 0 saturated heterocycles. The van der Waals surface area contributed by atoms with Crippen molar-refractivity contribution in [2.24, 2.45) is 4.99 Å². The molecule has 0 fully saturated rings. The summed E-state index contributed by atoms with van der Waals surface area (Å²) in [7, 11) is 2.07. The summed E-state index contributed by atoms with van der Waals surface area (Å²) in [4.78, 5) is 6.56. The molecule has 0 aromatic rings. The lowest BCUT2D eigenvalue weighted by molar-refractivity contribution is 0.188. The summed E-state index contributed by atoms with van der Waals surface area (Å²) < 4.78 is 0. The van der Waals surface area contributed by atoms with Crippen molar-refractivity contribution in [3.63, 3.8) is 0 Å². The fourth-order valence-corrected chi connectivity index (χ4v) is 0.965. The van der Waals surface area contributed by atoms with Gasteiger partial charge in [-0.2, -0.15) is 0 Å². The molecule has 0 amide bonds. The van der Waals surface area contributed by atoms with Gasteiger partial charge >= 0.3 is 0 Å². The molecule has 0 N–H and O–H groups in total. The van der Waals surface area contributed by atoms with E-state index in [1.165, 1.54) is 0 Å². The first-order chi connectivity index (χ1) is 4.38. The molecule has 0 aliphatic carbocycles. The van der Waals surface area contributed by atoms with Crippen molar-refractivity contribution in [2.45, 2.75) is 38.8 Å². The second kappa shape index (κ2) is 1.74. The van der Waals surface area contributed by atoms with Gasteiger partial charge in [-0.3, -0.25) is 4.99 Å². The topological polar surface area (TPSA) is 15.6 Å². The van der Waals surface area contributed by atoms with Crippen LogP contribution in [0.4, 0.5) is 0 Å². The monoisotopic (exact) mass is 140 g/mol. The number of aliphatic imine (C=N–C) groups is 1. The maximum Gasteiger partial charge on any atom is 0.0860 e. The molecule has 58 valence electrons. The third-order valence-corrected chi connectivity index (χ3v) is 2.93. The van der Waals surface area contributed by atoms with Crippen molar-refractivity contribution in [2.75, 3.05) is 7.05 Å². The van der Waals surface area contributed by atoms with Gasteiger partial charge in [-0.05, 0) is 27.7 Å². The van der Waals surface area contributed by atoms with E-state index in [0.29, 0.717) is 0 Å². The summed E-state index contributed by atoms with van der Waals surface area (Å²) in [6.07, 6.45) is 1.92. The fourth-order valence-electron chi connectivity index (χ4n) is 0.965. The third kappa shape index (κ3) is 0.746. The molecule has 0 aromatic carbocycles. The molecule has 0 saturated carbocycles. The largest absolute Gasteiger partial charge is 0.358 e. The van der Waals surface area contributed by atoms with E-state index in [4.69, 9.17) is 0 Å². The fraction of sp³-hybridized carbons (Fsp3) is 0.875. The molecule has 0 unspecified atom stereocenters. The van der Waals surface area contributed by atoms with Gasteiger partial charge in [0.05, 0.1) is 17.4 Å². The quantitative estimate of drug-likeness (QED) is 0.498. The Hall–Kier alpha value is -0.530. The number of rotatable bonds is 0. The van der Waals surface area contributed by atoms with E-state index in [1.54, 1.807) is 0 Å². The molecule has 1 rings (SSSR count). The van der Waals surface area contributed by atoms with Crippen LogP contribution in [0.1, 0.15) is 27.7 Å². The van der Waals surface area contributed by atoms with Crippen LogP contribution in [0.5, 0.6) is 0 Å². The van der Waals surface area contributed by atoms with Crippen LogP contribution in [-0.4, -0.2) is 29.4 Å². The Balaban J connectivity index is 2.94. The van der Waals surface area contributed by atoms with Gasteiger partial charge in [-0.15, -0.1) is 0 Å². The molecule has 10 heavy (non-hydrogen) atoms. The van der Waals surface area contributed by atoms with Gasteiger partial charge < -0.3 is 4.90 Å². The summed E-state index contributed by atoms with van der Waals surface area (Å²) in [5.74, 6) is 0. The Bertz CT molecular complexity index is 168. The van der Waals surface area contributed by atoms with Crippen molar-refractivity contribution in [3.05, 3.63) is 0 Å². The number of hydrogen-bond acceptors (Lipinski definition) is 2. The third-order valence-electron chi connectivity index (χ3n) is 2.93. The zero-order valence-corrected chi connectivity index (χ0v) is 7.47. The highest BCUT2D eigenvalue weighted by molar-refractivity contribution is 5.61. The second-order valence-corrected chi connectivity index (χ2v) is 3.97.